The van der Waals surface area contributed by atoms with Crippen LogP contribution in [-0.2, 0) is 28.7 Å². The largest absolute Gasteiger partial charge is 0.481 e. The van der Waals surface area contributed by atoms with Crippen molar-refractivity contribution in [3.05, 3.63) is 36.0 Å². The summed E-state index contributed by atoms with van der Waals surface area (Å²) in [7, 11) is 1.33. The predicted molar refractivity (Wildman–Crippen MR) is 157 cm³/mol. The van der Waals surface area contributed by atoms with Gasteiger partial charge in [0.2, 0.25) is 5.91 Å². The summed E-state index contributed by atoms with van der Waals surface area (Å²) in [6, 6.07) is 0. The molecule has 232 valence electrons. The standard InChI is InChI=1S/C30H49N3O8/c1-5-9-26(34)15-16-31-27(35)14-13-25(11-7-10-24(3)21-28(36)37)12-8-18-33(23-30(40)41-4)20-19-32(17-6-2)22-29(38)39/h5,9,12H,3,6-8,10-11,13-23H2,1-2,4H3,(H,31,35)(H,36,37)(H,38,39)/b9-5+,25-12+. The number of amides is 1. The highest BCUT2D eigenvalue weighted by Crippen LogP contribution is 2.18. The third-order valence-corrected chi connectivity index (χ3v) is 6.24. The molecule has 41 heavy (non-hydrogen) atoms. The van der Waals surface area contributed by atoms with Crippen LogP contribution in [0.25, 0.3) is 0 Å². The van der Waals surface area contributed by atoms with Crippen molar-refractivity contribution in [3.63, 3.8) is 0 Å². The zero-order valence-electron chi connectivity index (χ0n) is 25.0. The van der Waals surface area contributed by atoms with Gasteiger partial charge in [-0.2, -0.15) is 0 Å². The summed E-state index contributed by atoms with van der Waals surface area (Å²) in [4.78, 5) is 61.8. The van der Waals surface area contributed by atoms with E-state index in [1.807, 2.05) is 22.8 Å². The van der Waals surface area contributed by atoms with E-state index in [9.17, 15) is 29.1 Å². The quantitative estimate of drug-likeness (QED) is 0.0835. The van der Waals surface area contributed by atoms with Crippen LogP contribution in [0.4, 0.5) is 0 Å². The molecule has 0 aliphatic heterocycles. The third kappa shape index (κ3) is 22.1. The molecule has 0 aromatic carbocycles. The Morgan fingerprint density at radius 3 is 2.15 bits per heavy atom. The lowest BCUT2D eigenvalue weighted by atomic mass is 9.99. The summed E-state index contributed by atoms with van der Waals surface area (Å²) in [5.41, 5.74) is 1.69. The van der Waals surface area contributed by atoms with Crippen molar-refractivity contribution in [1.82, 2.24) is 15.1 Å². The van der Waals surface area contributed by atoms with Gasteiger partial charge in [0.15, 0.2) is 5.78 Å². The van der Waals surface area contributed by atoms with Gasteiger partial charge >= 0.3 is 17.9 Å². The Kier molecular flexibility index (Phi) is 21.5. The average Bonchev–Trinajstić information content (AvgIpc) is 2.89. The molecule has 11 nitrogen and oxygen atoms in total. The van der Waals surface area contributed by atoms with Gasteiger partial charge in [-0.1, -0.05) is 36.8 Å². The Bertz CT molecular complexity index is 913. The zero-order valence-corrected chi connectivity index (χ0v) is 25.0. The average molecular weight is 580 g/mol. The van der Waals surface area contributed by atoms with Crippen LogP contribution in [0, 0.1) is 0 Å². The fraction of sp³-hybridized carbons (Fsp3) is 0.633. The smallest absolute Gasteiger partial charge is 0.319 e. The first-order chi connectivity index (χ1) is 19.5. The van der Waals surface area contributed by atoms with Gasteiger partial charge in [-0.05, 0) is 58.1 Å². The van der Waals surface area contributed by atoms with E-state index in [1.54, 1.807) is 13.0 Å². The van der Waals surface area contributed by atoms with Gasteiger partial charge < -0.3 is 20.3 Å². The lowest BCUT2D eigenvalue weighted by Crippen LogP contribution is -2.40. The molecule has 3 N–H and O–H groups in total. The number of carboxylic acid groups (broad SMARTS) is 2. The van der Waals surface area contributed by atoms with Crippen molar-refractivity contribution in [2.45, 2.75) is 71.6 Å². The molecule has 0 aliphatic carbocycles. The highest BCUT2D eigenvalue weighted by atomic mass is 16.5. The fourth-order valence-electron chi connectivity index (χ4n) is 4.18. The van der Waals surface area contributed by atoms with Crippen LogP contribution in [0.15, 0.2) is 36.0 Å². The molecule has 0 rings (SSSR count). The second-order valence-electron chi connectivity index (χ2n) is 9.91. The maximum Gasteiger partial charge on any atom is 0.319 e. The molecule has 0 atom stereocenters. The lowest BCUT2D eigenvalue weighted by Gasteiger charge is -2.25. The van der Waals surface area contributed by atoms with E-state index < -0.39 is 11.9 Å². The zero-order chi connectivity index (χ0) is 31.0. The number of hydrogen-bond acceptors (Lipinski definition) is 8. The number of ether oxygens (including phenoxy) is 1. The topological polar surface area (TPSA) is 154 Å². The first-order valence-electron chi connectivity index (χ1n) is 14.2. The first-order valence-corrected chi connectivity index (χ1v) is 14.2. The summed E-state index contributed by atoms with van der Waals surface area (Å²) < 4.78 is 4.83. The molecule has 0 spiro atoms. The van der Waals surface area contributed by atoms with Gasteiger partial charge in [-0.25, -0.2) is 0 Å². The Morgan fingerprint density at radius 1 is 0.878 bits per heavy atom. The van der Waals surface area contributed by atoms with Crippen LogP contribution in [0.1, 0.15) is 71.6 Å². The maximum atomic E-state index is 12.4. The number of esters is 1. The molecular weight excluding hydrogens is 530 g/mol. The summed E-state index contributed by atoms with van der Waals surface area (Å²) in [6.07, 6.45) is 9.47. The van der Waals surface area contributed by atoms with Crippen LogP contribution in [-0.4, -0.2) is 103 Å². The molecule has 11 heteroatoms. The number of rotatable bonds is 25. The molecule has 0 aliphatic rings. The highest BCUT2D eigenvalue weighted by Gasteiger charge is 2.15. The maximum absolute atomic E-state index is 12.4. The van der Waals surface area contributed by atoms with E-state index in [0.29, 0.717) is 63.9 Å². The van der Waals surface area contributed by atoms with E-state index in [2.05, 4.69) is 11.9 Å². The van der Waals surface area contributed by atoms with Crippen molar-refractivity contribution in [2.24, 2.45) is 0 Å². The number of aliphatic carboxylic acids is 2. The molecule has 0 radical (unpaired) electrons. The van der Waals surface area contributed by atoms with Crippen LogP contribution in [0.3, 0.4) is 0 Å². The van der Waals surface area contributed by atoms with Crippen molar-refractivity contribution < 1.29 is 38.9 Å². The minimum Gasteiger partial charge on any atom is -0.481 e. The number of ketones is 1. The number of methoxy groups -OCH3 is 1. The third-order valence-electron chi connectivity index (χ3n) is 6.24. The molecule has 1 amide bonds. The Morgan fingerprint density at radius 2 is 1.56 bits per heavy atom. The van der Waals surface area contributed by atoms with E-state index in [1.165, 1.54) is 13.2 Å². The molecule has 0 saturated carbocycles. The summed E-state index contributed by atoms with van der Waals surface area (Å²) >= 11 is 0. The van der Waals surface area contributed by atoms with E-state index in [-0.39, 0.29) is 56.6 Å². The molecule has 0 saturated heterocycles. The predicted octanol–water partition coefficient (Wildman–Crippen LogP) is 3.21. The number of allylic oxidation sites excluding steroid dienone is 3. The molecule has 0 fully saturated rings. The first kappa shape index (κ1) is 37.7. The Labute approximate surface area is 244 Å². The normalized spacial score (nSPS) is 11.7. The summed E-state index contributed by atoms with van der Waals surface area (Å²) in [5, 5.41) is 20.9. The SMILES string of the molecule is C=C(CCC/C(=C\CCN(CCN(CCC)CC(=O)O)CC(=O)OC)CCC(=O)NCCC(=O)/C=C/C)CC(=O)O. The van der Waals surface area contributed by atoms with Crippen molar-refractivity contribution in [2.75, 3.05) is 52.9 Å². The Balaban J connectivity index is 5.22. The van der Waals surface area contributed by atoms with Gasteiger partial charge in [-0.3, -0.25) is 33.8 Å². The van der Waals surface area contributed by atoms with Crippen LogP contribution < -0.4 is 5.32 Å². The summed E-state index contributed by atoms with van der Waals surface area (Å²) in [6.45, 7) is 10.0. The fourth-order valence-corrected chi connectivity index (χ4v) is 4.18. The number of hydrogen-bond donors (Lipinski definition) is 3. The monoisotopic (exact) mass is 579 g/mol. The van der Waals surface area contributed by atoms with Gasteiger partial charge in [0.05, 0.1) is 26.6 Å². The molecule has 0 aromatic rings. The number of nitrogens with one attached hydrogen (secondary N) is 1. The number of nitrogens with zero attached hydrogens (tertiary/aromatic N) is 2. The van der Waals surface area contributed by atoms with Crippen molar-refractivity contribution >= 4 is 29.6 Å². The van der Waals surface area contributed by atoms with E-state index >= 15 is 0 Å². The highest BCUT2D eigenvalue weighted by molar-refractivity contribution is 5.90. The van der Waals surface area contributed by atoms with Gasteiger partial charge in [0, 0.05) is 39.0 Å². The van der Waals surface area contributed by atoms with Gasteiger partial charge in [0.1, 0.15) is 0 Å². The van der Waals surface area contributed by atoms with E-state index in [0.717, 1.165) is 12.0 Å². The minimum absolute atomic E-state index is 0.0488. The minimum atomic E-state index is -0.915. The van der Waals surface area contributed by atoms with Crippen molar-refractivity contribution in [1.29, 1.82) is 0 Å². The molecular formula is C30H49N3O8. The van der Waals surface area contributed by atoms with Crippen LogP contribution >= 0.6 is 0 Å². The number of carbonyl (C=O) groups is 5. The van der Waals surface area contributed by atoms with Crippen LogP contribution in [0.5, 0.6) is 0 Å². The Hall–Kier alpha value is -3.31. The van der Waals surface area contributed by atoms with Gasteiger partial charge in [0.25, 0.3) is 0 Å². The molecule has 0 unspecified atom stereocenters. The van der Waals surface area contributed by atoms with Gasteiger partial charge in [-0.15, -0.1) is 0 Å². The van der Waals surface area contributed by atoms with Crippen LogP contribution in [0.2, 0.25) is 0 Å². The van der Waals surface area contributed by atoms with E-state index in [4.69, 9.17) is 9.84 Å². The van der Waals surface area contributed by atoms with Crippen molar-refractivity contribution in [3.8, 4) is 0 Å². The molecule has 0 bridgehead atoms. The summed E-state index contributed by atoms with van der Waals surface area (Å²) in [5.74, 6) is -2.39. The second kappa shape index (κ2) is 23.4. The number of carboxylic acids is 2. The lowest BCUT2D eigenvalue weighted by molar-refractivity contribution is -0.142. The molecule has 0 aromatic heterocycles. The molecule has 0 heterocycles. The second-order valence-corrected chi connectivity index (χ2v) is 9.91. The number of carbonyl (C=O) groups excluding carboxylic acids is 3.